The van der Waals surface area contributed by atoms with Gasteiger partial charge < -0.3 is 15.4 Å². The van der Waals surface area contributed by atoms with Crippen LogP contribution in [0.5, 0.6) is 0 Å². The Morgan fingerprint density at radius 2 is 2.18 bits per heavy atom. The summed E-state index contributed by atoms with van der Waals surface area (Å²) in [5, 5.41) is 6.65. The first-order valence-corrected chi connectivity index (χ1v) is 9.64. The molecule has 2 bridgehead atoms. The molecule has 0 aromatic rings. The van der Waals surface area contributed by atoms with E-state index in [4.69, 9.17) is 4.74 Å². The summed E-state index contributed by atoms with van der Waals surface area (Å²) in [6.07, 6.45) is 4.80. The molecule has 0 amide bonds. The first-order chi connectivity index (χ1) is 10.5. The van der Waals surface area contributed by atoms with E-state index in [-0.39, 0.29) is 5.75 Å². The molecule has 7 nitrogen and oxygen atoms in total. The molecule has 8 heteroatoms. The zero-order chi connectivity index (χ0) is 16.2. The Balaban J connectivity index is 1.67. The number of ether oxygens (including phenoxy) is 1. The zero-order valence-corrected chi connectivity index (χ0v) is 14.5. The molecular formula is C14H28N4O3S. The molecule has 0 radical (unpaired) electrons. The maximum absolute atomic E-state index is 11.6. The third-order valence-electron chi connectivity index (χ3n) is 4.43. The van der Waals surface area contributed by atoms with Crippen LogP contribution in [-0.4, -0.2) is 69.9 Å². The van der Waals surface area contributed by atoms with Crippen LogP contribution in [0.2, 0.25) is 0 Å². The molecule has 2 rings (SSSR count). The lowest BCUT2D eigenvalue weighted by atomic mass is 9.96. The summed E-state index contributed by atoms with van der Waals surface area (Å²) >= 11 is 0. The van der Waals surface area contributed by atoms with E-state index in [0.717, 1.165) is 25.2 Å². The molecule has 2 aliphatic heterocycles. The molecule has 2 saturated heterocycles. The molecule has 3 atom stereocenters. The van der Waals surface area contributed by atoms with Gasteiger partial charge in [-0.25, -0.2) is 12.7 Å². The Hall–Kier alpha value is -0.860. The Morgan fingerprint density at radius 3 is 2.73 bits per heavy atom. The van der Waals surface area contributed by atoms with E-state index in [1.165, 1.54) is 10.7 Å². The van der Waals surface area contributed by atoms with Crippen LogP contribution in [0.25, 0.3) is 0 Å². The standard InChI is InChI=1S/C14H28N4O3S/c1-4-22(19,20)18(3)9-5-8-16-14(15-2)17-12-10-11-6-7-13(12)21-11/h11-13H,4-10H2,1-3H3,(H2,15,16,17). The largest absolute Gasteiger partial charge is 0.373 e. The number of hydrogen-bond acceptors (Lipinski definition) is 4. The van der Waals surface area contributed by atoms with Gasteiger partial charge in [0.25, 0.3) is 0 Å². The van der Waals surface area contributed by atoms with Crippen molar-refractivity contribution in [2.45, 2.75) is 50.9 Å². The number of rotatable bonds is 7. The second kappa shape index (κ2) is 7.61. The van der Waals surface area contributed by atoms with Crippen molar-refractivity contribution in [2.75, 3.05) is 32.9 Å². The van der Waals surface area contributed by atoms with Crippen LogP contribution in [0.15, 0.2) is 4.99 Å². The molecule has 2 N–H and O–H groups in total. The van der Waals surface area contributed by atoms with E-state index in [9.17, 15) is 8.42 Å². The summed E-state index contributed by atoms with van der Waals surface area (Å²) in [5.74, 6) is 0.909. The molecule has 2 heterocycles. The van der Waals surface area contributed by atoms with Gasteiger partial charge >= 0.3 is 0 Å². The summed E-state index contributed by atoms with van der Waals surface area (Å²) < 4.78 is 30.5. The topological polar surface area (TPSA) is 83.0 Å². The first-order valence-electron chi connectivity index (χ1n) is 8.03. The minimum atomic E-state index is -3.09. The highest BCUT2D eigenvalue weighted by Crippen LogP contribution is 2.34. The lowest BCUT2D eigenvalue weighted by molar-refractivity contribution is 0.0992. The number of hydrogen-bond donors (Lipinski definition) is 2. The molecule has 3 unspecified atom stereocenters. The maximum Gasteiger partial charge on any atom is 0.213 e. The van der Waals surface area contributed by atoms with E-state index in [0.29, 0.717) is 31.3 Å². The van der Waals surface area contributed by atoms with Crippen molar-refractivity contribution in [3.63, 3.8) is 0 Å². The quantitative estimate of drug-likeness (QED) is 0.394. The number of fused-ring (bicyclic) bond motifs is 2. The fourth-order valence-corrected chi connectivity index (χ4v) is 3.88. The van der Waals surface area contributed by atoms with Crippen LogP contribution < -0.4 is 10.6 Å². The second-order valence-corrected chi connectivity index (χ2v) is 8.30. The van der Waals surface area contributed by atoms with Gasteiger partial charge in [0.1, 0.15) is 0 Å². The van der Waals surface area contributed by atoms with Gasteiger partial charge in [-0.1, -0.05) is 0 Å². The summed E-state index contributed by atoms with van der Waals surface area (Å²) in [5.41, 5.74) is 0. The van der Waals surface area contributed by atoms with Crippen molar-refractivity contribution >= 4 is 16.0 Å². The highest BCUT2D eigenvalue weighted by atomic mass is 32.2. The third kappa shape index (κ3) is 4.33. The van der Waals surface area contributed by atoms with Crippen molar-refractivity contribution in [2.24, 2.45) is 4.99 Å². The normalized spacial score (nSPS) is 28.4. The molecular weight excluding hydrogens is 304 g/mol. The van der Waals surface area contributed by atoms with Crippen LogP contribution in [0.4, 0.5) is 0 Å². The highest BCUT2D eigenvalue weighted by Gasteiger charge is 2.41. The number of nitrogens with zero attached hydrogens (tertiary/aromatic N) is 2. The predicted octanol–water partition coefficient (Wildman–Crippen LogP) is 0.143. The predicted molar refractivity (Wildman–Crippen MR) is 87.5 cm³/mol. The molecule has 0 aromatic heterocycles. The molecule has 0 spiro atoms. The average molecular weight is 332 g/mol. The summed E-state index contributed by atoms with van der Waals surface area (Å²) in [7, 11) is 0.285. The number of aliphatic imine (C=N–C) groups is 1. The van der Waals surface area contributed by atoms with E-state index in [1.807, 2.05) is 0 Å². The number of sulfonamides is 1. The van der Waals surface area contributed by atoms with Crippen molar-refractivity contribution in [1.29, 1.82) is 0 Å². The minimum absolute atomic E-state index is 0.143. The Bertz CT molecular complexity index is 494. The van der Waals surface area contributed by atoms with Gasteiger partial charge in [-0.15, -0.1) is 0 Å². The molecule has 0 aliphatic carbocycles. The lowest BCUT2D eigenvalue weighted by Crippen LogP contribution is -2.47. The zero-order valence-electron chi connectivity index (χ0n) is 13.7. The van der Waals surface area contributed by atoms with Gasteiger partial charge in [-0.05, 0) is 32.6 Å². The van der Waals surface area contributed by atoms with Crippen molar-refractivity contribution in [3.05, 3.63) is 0 Å². The van der Waals surface area contributed by atoms with Crippen LogP contribution >= 0.6 is 0 Å². The maximum atomic E-state index is 11.6. The molecule has 0 saturated carbocycles. The monoisotopic (exact) mass is 332 g/mol. The summed E-state index contributed by atoms with van der Waals surface area (Å²) in [4.78, 5) is 4.22. The smallest absolute Gasteiger partial charge is 0.213 e. The third-order valence-corrected chi connectivity index (χ3v) is 6.30. The van der Waals surface area contributed by atoms with E-state index < -0.39 is 10.0 Å². The van der Waals surface area contributed by atoms with E-state index in [2.05, 4.69) is 15.6 Å². The second-order valence-electron chi connectivity index (χ2n) is 5.94. The van der Waals surface area contributed by atoms with Crippen molar-refractivity contribution < 1.29 is 13.2 Å². The lowest BCUT2D eigenvalue weighted by Gasteiger charge is -2.23. The fraction of sp³-hybridized carbons (Fsp3) is 0.929. The summed E-state index contributed by atoms with van der Waals surface area (Å²) in [6.45, 7) is 2.86. The van der Waals surface area contributed by atoms with Gasteiger partial charge in [0.15, 0.2) is 5.96 Å². The van der Waals surface area contributed by atoms with Crippen LogP contribution in [0, 0.1) is 0 Å². The number of nitrogens with one attached hydrogen (secondary N) is 2. The molecule has 0 aromatic carbocycles. The molecule has 22 heavy (non-hydrogen) atoms. The van der Waals surface area contributed by atoms with Crippen LogP contribution in [0.1, 0.15) is 32.6 Å². The van der Waals surface area contributed by atoms with Crippen molar-refractivity contribution in [3.8, 4) is 0 Å². The summed E-state index contributed by atoms with van der Waals surface area (Å²) in [6, 6.07) is 0.341. The number of guanidine groups is 1. The first kappa shape index (κ1) is 17.5. The Morgan fingerprint density at radius 1 is 1.41 bits per heavy atom. The van der Waals surface area contributed by atoms with Crippen LogP contribution in [-0.2, 0) is 14.8 Å². The van der Waals surface area contributed by atoms with E-state index in [1.54, 1.807) is 21.0 Å². The van der Waals surface area contributed by atoms with E-state index >= 15 is 0 Å². The van der Waals surface area contributed by atoms with Crippen LogP contribution in [0.3, 0.4) is 0 Å². The highest BCUT2D eigenvalue weighted by molar-refractivity contribution is 7.89. The Kier molecular flexibility index (Phi) is 6.05. The van der Waals surface area contributed by atoms with Gasteiger partial charge in [0, 0.05) is 27.2 Å². The van der Waals surface area contributed by atoms with Gasteiger partial charge in [-0.2, -0.15) is 0 Å². The minimum Gasteiger partial charge on any atom is -0.373 e. The SMILES string of the molecule is CCS(=O)(=O)N(C)CCCNC(=NC)NC1CC2CCC1O2. The average Bonchev–Trinajstić information content (AvgIpc) is 3.12. The van der Waals surface area contributed by atoms with Gasteiger partial charge in [0.05, 0.1) is 24.0 Å². The van der Waals surface area contributed by atoms with Gasteiger partial charge in [-0.3, -0.25) is 4.99 Å². The fourth-order valence-electron chi connectivity index (χ4n) is 3.03. The Labute approximate surface area is 133 Å². The molecule has 2 aliphatic rings. The molecule has 2 fully saturated rings. The van der Waals surface area contributed by atoms with Gasteiger partial charge in [0.2, 0.25) is 10.0 Å². The molecule has 128 valence electrons. The van der Waals surface area contributed by atoms with Crippen molar-refractivity contribution in [1.82, 2.24) is 14.9 Å².